The number of rotatable bonds is 11. The number of amides is 2. The summed E-state index contributed by atoms with van der Waals surface area (Å²) in [5.74, 6) is -0.749. The lowest BCUT2D eigenvalue weighted by Gasteiger charge is -2.22. The molecule has 5 aromatic rings. The maximum Gasteiger partial charge on any atom is 0.309 e. The number of nitrogen functional groups attached to an aromatic ring is 1. The number of halogens is 1. The number of nitrogens with two attached hydrogens (primary N) is 1. The largest absolute Gasteiger partial charge is 0.460 e. The monoisotopic (exact) mass is 698 g/mol. The number of aromatic amines is 1. The predicted molar refractivity (Wildman–Crippen MR) is 191 cm³/mol. The Balaban J connectivity index is 1.27. The van der Waals surface area contributed by atoms with Crippen molar-refractivity contribution in [2.75, 3.05) is 26.4 Å². The minimum Gasteiger partial charge on any atom is -0.460 e. The first-order valence-corrected chi connectivity index (χ1v) is 16.3. The van der Waals surface area contributed by atoms with Crippen LogP contribution in [0, 0.1) is 5.92 Å². The number of carbonyl (C=O) groups excluding carboxylic acids is 4. The fourth-order valence-corrected chi connectivity index (χ4v) is 5.36. The molecule has 2 heterocycles. The summed E-state index contributed by atoms with van der Waals surface area (Å²) >= 11 is 6.62. The zero-order valence-corrected chi connectivity index (χ0v) is 29.4. The Morgan fingerprint density at radius 2 is 1.76 bits per heavy atom. The van der Waals surface area contributed by atoms with Crippen molar-refractivity contribution < 1.29 is 28.7 Å². The number of fused-ring (bicyclic) bond motifs is 1. The first-order valence-electron chi connectivity index (χ1n) is 15.9. The van der Waals surface area contributed by atoms with Gasteiger partial charge in [0, 0.05) is 43.2 Å². The maximum absolute atomic E-state index is 13.6. The summed E-state index contributed by atoms with van der Waals surface area (Å²) < 4.78 is 12.8. The molecule has 0 fully saturated rings. The summed E-state index contributed by atoms with van der Waals surface area (Å²) in [6, 6.07) is 18.5. The van der Waals surface area contributed by atoms with Crippen LogP contribution in [0.2, 0.25) is 5.02 Å². The van der Waals surface area contributed by atoms with E-state index in [0.29, 0.717) is 52.2 Å². The van der Waals surface area contributed by atoms with Crippen molar-refractivity contribution >= 4 is 51.9 Å². The van der Waals surface area contributed by atoms with Crippen molar-refractivity contribution in [2.24, 2.45) is 5.92 Å². The highest BCUT2D eigenvalue weighted by Gasteiger charge is 2.23. The van der Waals surface area contributed by atoms with Gasteiger partial charge in [-0.1, -0.05) is 30.7 Å². The molecule has 0 aliphatic heterocycles. The third-order valence-electron chi connectivity index (χ3n) is 7.75. The zero-order valence-electron chi connectivity index (χ0n) is 28.7. The number of aromatic nitrogens is 3. The van der Waals surface area contributed by atoms with E-state index in [4.69, 9.17) is 26.8 Å². The predicted octanol–water partition coefficient (Wildman–Crippen LogP) is 6.41. The van der Waals surface area contributed by atoms with E-state index in [2.05, 4.69) is 15.4 Å². The molecule has 0 spiro atoms. The molecule has 3 aromatic carbocycles. The molecule has 0 saturated carbocycles. The Bertz CT molecular complexity index is 2090. The molecule has 5 rings (SSSR count). The number of anilines is 1. The summed E-state index contributed by atoms with van der Waals surface area (Å²) in [7, 11) is 3.32. The number of nitrogens with one attached hydrogen (secondary N) is 2. The third-order valence-corrected chi connectivity index (χ3v) is 8.05. The smallest absolute Gasteiger partial charge is 0.309 e. The quantitative estimate of drug-likeness (QED) is 0.105. The highest BCUT2D eigenvalue weighted by Crippen LogP contribution is 2.32. The van der Waals surface area contributed by atoms with Gasteiger partial charge < -0.3 is 30.4 Å². The average molecular weight is 699 g/mol. The van der Waals surface area contributed by atoms with Crippen LogP contribution in [0.3, 0.4) is 0 Å². The molecule has 0 bridgehead atoms. The molecular weight excluding hydrogens is 660 g/mol. The standard InChI is InChI=1S/C37H39ClN6O6/c1-21(36(48)50-37(2,3)4)15-16-40-34(46)22-11-13-28-23(17-22)18-29(42-28)32(45)26-20-41-44(33(26)39)30-14-12-24(19-27(30)38)49-31-10-8-7-9-25(31)35(47)43(5)6/h7-14,17-21,42H,15-16,39H2,1-6H3,(H,40,46). The van der Waals surface area contributed by atoms with E-state index in [1.165, 1.54) is 15.8 Å². The number of ketones is 1. The van der Waals surface area contributed by atoms with E-state index in [-0.39, 0.29) is 45.8 Å². The fraction of sp³-hybridized carbons (Fsp3) is 0.270. The Labute approximate surface area is 294 Å². The van der Waals surface area contributed by atoms with Gasteiger partial charge in [0.15, 0.2) is 0 Å². The first-order chi connectivity index (χ1) is 23.6. The van der Waals surface area contributed by atoms with Crippen LogP contribution < -0.4 is 15.8 Å². The number of esters is 1. The number of H-pyrrole nitrogens is 1. The first kappa shape index (κ1) is 35.7. The van der Waals surface area contributed by atoms with Gasteiger partial charge in [0.25, 0.3) is 11.8 Å². The molecule has 2 amide bonds. The van der Waals surface area contributed by atoms with Crippen molar-refractivity contribution in [2.45, 2.75) is 39.7 Å². The number of para-hydroxylation sites is 1. The molecular formula is C37H39ClN6O6. The van der Waals surface area contributed by atoms with Crippen LogP contribution in [0.25, 0.3) is 16.6 Å². The van der Waals surface area contributed by atoms with Crippen LogP contribution in [-0.4, -0.2) is 69.5 Å². The molecule has 13 heteroatoms. The van der Waals surface area contributed by atoms with Gasteiger partial charge in [-0.2, -0.15) is 5.10 Å². The number of nitrogens with zero attached hydrogens (tertiary/aromatic N) is 3. The Hall–Kier alpha value is -5.62. The summed E-state index contributed by atoms with van der Waals surface area (Å²) in [4.78, 5) is 55.8. The Kier molecular flexibility index (Phi) is 10.3. The van der Waals surface area contributed by atoms with E-state index < -0.39 is 11.4 Å². The third kappa shape index (κ3) is 7.98. The number of hydrogen-bond acceptors (Lipinski definition) is 8. The molecule has 4 N–H and O–H groups in total. The molecule has 1 atom stereocenters. The Morgan fingerprint density at radius 3 is 2.46 bits per heavy atom. The van der Waals surface area contributed by atoms with Gasteiger partial charge in [0.05, 0.1) is 39.6 Å². The van der Waals surface area contributed by atoms with Gasteiger partial charge in [-0.3, -0.25) is 19.2 Å². The lowest BCUT2D eigenvalue weighted by molar-refractivity contribution is -0.159. The molecule has 260 valence electrons. The van der Waals surface area contributed by atoms with Gasteiger partial charge in [0.2, 0.25) is 5.78 Å². The normalized spacial score (nSPS) is 12.0. The van der Waals surface area contributed by atoms with Crippen LogP contribution in [0.15, 0.2) is 72.9 Å². The molecule has 2 aromatic heterocycles. The number of hydrogen-bond donors (Lipinski definition) is 3. The summed E-state index contributed by atoms with van der Waals surface area (Å²) in [6.45, 7) is 7.49. The fourth-order valence-electron chi connectivity index (χ4n) is 5.11. The van der Waals surface area contributed by atoms with Crippen LogP contribution in [-0.2, 0) is 9.53 Å². The highest BCUT2D eigenvalue weighted by molar-refractivity contribution is 6.32. The molecule has 0 saturated heterocycles. The van der Waals surface area contributed by atoms with E-state index in [1.807, 2.05) is 20.8 Å². The van der Waals surface area contributed by atoms with Crippen molar-refractivity contribution in [3.8, 4) is 17.2 Å². The van der Waals surface area contributed by atoms with Gasteiger partial charge in [-0.05, 0) is 75.7 Å². The summed E-state index contributed by atoms with van der Waals surface area (Å²) in [5, 5.41) is 8.07. The van der Waals surface area contributed by atoms with E-state index in [9.17, 15) is 19.2 Å². The lowest BCUT2D eigenvalue weighted by atomic mass is 10.1. The minimum atomic E-state index is -0.576. The molecule has 0 aliphatic rings. The average Bonchev–Trinajstić information content (AvgIpc) is 3.66. The van der Waals surface area contributed by atoms with E-state index in [1.54, 1.807) is 87.7 Å². The Morgan fingerprint density at radius 1 is 1.02 bits per heavy atom. The topological polar surface area (TPSA) is 162 Å². The van der Waals surface area contributed by atoms with Gasteiger partial charge in [-0.25, -0.2) is 4.68 Å². The van der Waals surface area contributed by atoms with Crippen molar-refractivity contribution in [3.05, 3.63) is 100 Å². The summed E-state index contributed by atoms with van der Waals surface area (Å²) in [6.07, 6.45) is 1.79. The molecule has 50 heavy (non-hydrogen) atoms. The van der Waals surface area contributed by atoms with E-state index in [0.717, 1.165) is 0 Å². The van der Waals surface area contributed by atoms with Crippen LogP contribution >= 0.6 is 11.6 Å². The van der Waals surface area contributed by atoms with Crippen molar-refractivity contribution in [1.29, 1.82) is 0 Å². The van der Waals surface area contributed by atoms with Crippen LogP contribution in [0.5, 0.6) is 11.5 Å². The summed E-state index contributed by atoms with van der Waals surface area (Å²) in [5.41, 5.74) is 8.13. The van der Waals surface area contributed by atoms with Crippen molar-refractivity contribution in [1.82, 2.24) is 25.0 Å². The second kappa shape index (κ2) is 14.5. The van der Waals surface area contributed by atoms with Crippen LogP contribution in [0.4, 0.5) is 5.82 Å². The minimum absolute atomic E-state index is 0.0758. The van der Waals surface area contributed by atoms with E-state index >= 15 is 0 Å². The van der Waals surface area contributed by atoms with Gasteiger partial charge >= 0.3 is 5.97 Å². The van der Waals surface area contributed by atoms with Gasteiger partial charge in [-0.15, -0.1) is 0 Å². The van der Waals surface area contributed by atoms with Crippen LogP contribution in [0.1, 0.15) is 70.9 Å². The van der Waals surface area contributed by atoms with Gasteiger partial charge in [0.1, 0.15) is 22.9 Å². The second-order valence-electron chi connectivity index (χ2n) is 13.1. The molecule has 1 unspecified atom stereocenters. The second-order valence-corrected chi connectivity index (χ2v) is 13.5. The number of ether oxygens (including phenoxy) is 2. The van der Waals surface area contributed by atoms with Crippen molar-refractivity contribution in [3.63, 3.8) is 0 Å². The lowest BCUT2D eigenvalue weighted by Crippen LogP contribution is -2.31. The zero-order chi connectivity index (χ0) is 36.3. The highest BCUT2D eigenvalue weighted by atomic mass is 35.5. The SMILES string of the molecule is CC(CCNC(=O)c1ccc2[nH]c(C(=O)c3cnn(-c4ccc(Oc5ccccc5C(=O)N(C)C)cc4Cl)c3N)cc2c1)C(=O)OC(C)(C)C. The number of benzene rings is 3. The molecule has 12 nitrogen and oxygen atoms in total. The maximum atomic E-state index is 13.6. The molecule has 0 aliphatic carbocycles. The molecule has 0 radical (unpaired) electrons. The number of carbonyl (C=O) groups is 4.